The van der Waals surface area contributed by atoms with Crippen molar-refractivity contribution < 1.29 is 0 Å². The van der Waals surface area contributed by atoms with Gasteiger partial charge in [0.1, 0.15) is 0 Å². The van der Waals surface area contributed by atoms with Gasteiger partial charge in [-0.05, 0) is 64.5 Å². The van der Waals surface area contributed by atoms with Crippen LogP contribution in [-0.2, 0) is 6.42 Å². The number of piperidine rings is 1. The number of aromatic nitrogens is 1. The lowest BCUT2D eigenvalue weighted by Gasteiger charge is -2.28. The van der Waals surface area contributed by atoms with E-state index in [-0.39, 0.29) is 0 Å². The van der Waals surface area contributed by atoms with Gasteiger partial charge in [0.15, 0.2) is 0 Å². The van der Waals surface area contributed by atoms with E-state index in [9.17, 15) is 0 Å². The molecule has 1 saturated heterocycles. The van der Waals surface area contributed by atoms with Crippen molar-refractivity contribution in [1.82, 2.24) is 14.8 Å². The molecule has 0 unspecified atom stereocenters. The van der Waals surface area contributed by atoms with Crippen molar-refractivity contribution in [1.29, 1.82) is 0 Å². The summed E-state index contributed by atoms with van der Waals surface area (Å²) < 4.78 is 0. The molecule has 0 amide bonds. The molecule has 0 aliphatic carbocycles. The van der Waals surface area contributed by atoms with Crippen LogP contribution < -0.4 is 0 Å². The van der Waals surface area contributed by atoms with Gasteiger partial charge in [0.25, 0.3) is 0 Å². The SMILES string of the molecule is CN(CCCc1ccccn1)CCN1CCCCC1. The van der Waals surface area contributed by atoms with Gasteiger partial charge in [-0.3, -0.25) is 4.98 Å². The average molecular weight is 261 g/mol. The minimum atomic E-state index is 1.09. The molecule has 1 fully saturated rings. The Kier molecular flexibility index (Phi) is 6.31. The summed E-state index contributed by atoms with van der Waals surface area (Å²) in [6.45, 7) is 6.22. The number of nitrogens with zero attached hydrogens (tertiary/aromatic N) is 3. The second-order valence-electron chi connectivity index (χ2n) is 5.63. The van der Waals surface area contributed by atoms with Gasteiger partial charge in [-0.15, -0.1) is 0 Å². The van der Waals surface area contributed by atoms with Crippen LogP contribution in [0.4, 0.5) is 0 Å². The first kappa shape index (κ1) is 14.5. The van der Waals surface area contributed by atoms with Crippen LogP contribution >= 0.6 is 0 Å². The number of likely N-dealkylation sites (N-methyl/N-ethyl adjacent to an activating group) is 1. The summed E-state index contributed by atoms with van der Waals surface area (Å²) >= 11 is 0. The molecule has 0 aromatic carbocycles. The quantitative estimate of drug-likeness (QED) is 0.751. The molecule has 1 aromatic heterocycles. The lowest BCUT2D eigenvalue weighted by atomic mass is 10.1. The molecule has 0 saturated carbocycles. The number of rotatable bonds is 7. The molecule has 3 nitrogen and oxygen atoms in total. The van der Waals surface area contributed by atoms with Gasteiger partial charge in [-0.1, -0.05) is 12.5 Å². The molecule has 1 aliphatic rings. The second-order valence-corrected chi connectivity index (χ2v) is 5.63. The standard InChI is InChI=1S/C16H27N3/c1-18(14-15-19-12-5-2-6-13-19)11-7-9-16-8-3-4-10-17-16/h3-4,8,10H,2,5-7,9,11-15H2,1H3. The molecular formula is C16H27N3. The van der Waals surface area contributed by atoms with E-state index in [0.29, 0.717) is 0 Å². The van der Waals surface area contributed by atoms with Crippen molar-refractivity contribution in [2.75, 3.05) is 39.8 Å². The van der Waals surface area contributed by atoms with E-state index >= 15 is 0 Å². The lowest BCUT2D eigenvalue weighted by Crippen LogP contribution is -2.36. The number of hydrogen-bond acceptors (Lipinski definition) is 3. The number of aryl methyl sites for hydroxylation is 1. The average Bonchev–Trinajstić information content (AvgIpc) is 2.47. The first-order valence-electron chi connectivity index (χ1n) is 7.65. The number of hydrogen-bond donors (Lipinski definition) is 0. The summed E-state index contributed by atoms with van der Waals surface area (Å²) in [5.41, 5.74) is 1.21. The minimum Gasteiger partial charge on any atom is -0.305 e. The van der Waals surface area contributed by atoms with E-state index in [1.54, 1.807) is 0 Å². The molecule has 106 valence electrons. The van der Waals surface area contributed by atoms with Gasteiger partial charge in [0.05, 0.1) is 0 Å². The Morgan fingerprint density at radius 2 is 2.00 bits per heavy atom. The van der Waals surface area contributed by atoms with E-state index in [1.807, 2.05) is 12.3 Å². The maximum atomic E-state index is 4.37. The van der Waals surface area contributed by atoms with Crippen molar-refractivity contribution in [3.63, 3.8) is 0 Å². The minimum absolute atomic E-state index is 1.09. The normalized spacial score (nSPS) is 16.9. The molecule has 1 aliphatic heterocycles. The molecule has 0 radical (unpaired) electrons. The highest BCUT2D eigenvalue weighted by Crippen LogP contribution is 2.08. The zero-order valence-corrected chi connectivity index (χ0v) is 12.2. The van der Waals surface area contributed by atoms with Gasteiger partial charge >= 0.3 is 0 Å². The van der Waals surface area contributed by atoms with Crippen molar-refractivity contribution >= 4 is 0 Å². The van der Waals surface area contributed by atoms with Crippen LogP contribution in [0.3, 0.4) is 0 Å². The molecule has 0 spiro atoms. The van der Waals surface area contributed by atoms with Crippen LogP contribution in [0, 0.1) is 0 Å². The molecule has 2 rings (SSSR count). The third kappa shape index (κ3) is 5.70. The van der Waals surface area contributed by atoms with Gasteiger partial charge in [-0.2, -0.15) is 0 Å². The highest BCUT2D eigenvalue weighted by atomic mass is 15.2. The summed E-state index contributed by atoms with van der Waals surface area (Å²) in [7, 11) is 2.24. The summed E-state index contributed by atoms with van der Waals surface area (Å²) in [6, 6.07) is 6.17. The number of pyridine rings is 1. The Morgan fingerprint density at radius 3 is 2.74 bits per heavy atom. The first-order valence-corrected chi connectivity index (χ1v) is 7.65. The second kappa shape index (κ2) is 8.28. The van der Waals surface area contributed by atoms with E-state index in [2.05, 4.69) is 34.0 Å². The summed E-state index contributed by atoms with van der Waals surface area (Å²) in [6.07, 6.45) is 8.39. The van der Waals surface area contributed by atoms with Crippen molar-refractivity contribution in [3.8, 4) is 0 Å². The van der Waals surface area contributed by atoms with Gasteiger partial charge < -0.3 is 9.80 Å². The van der Waals surface area contributed by atoms with E-state index in [0.717, 1.165) is 6.42 Å². The summed E-state index contributed by atoms with van der Waals surface area (Å²) in [5.74, 6) is 0. The zero-order chi connectivity index (χ0) is 13.3. The molecule has 2 heterocycles. The molecule has 19 heavy (non-hydrogen) atoms. The fourth-order valence-corrected chi connectivity index (χ4v) is 2.68. The highest BCUT2D eigenvalue weighted by Gasteiger charge is 2.10. The largest absolute Gasteiger partial charge is 0.305 e. The summed E-state index contributed by atoms with van der Waals surface area (Å²) in [4.78, 5) is 9.43. The predicted molar refractivity (Wildman–Crippen MR) is 80.3 cm³/mol. The van der Waals surface area contributed by atoms with E-state index in [4.69, 9.17) is 0 Å². The number of likely N-dealkylation sites (tertiary alicyclic amines) is 1. The van der Waals surface area contributed by atoms with Crippen LogP contribution in [0.25, 0.3) is 0 Å². The lowest BCUT2D eigenvalue weighted by molar-refractivity contribution is 0.195. The Labute approximate surface area is 117 Å². The van der Waals surface area contributed by atoms with Crippen molar-refractivity contribution in [2.24, 2.45) is 0 Å². The van der Waals surface area contributed by atoms with Crippen molar-refractivity contribution in [2.45, 2.75) is 32.1 Å². The predicted octanol–water partition coefficient (Wildman–Crippen LogP) is 2.43. The fourth-order valence-electron chi connectivity index (χ4n) is 2.68. The molecule has 0 bridgehead atoms. The third-order valence-electron chi connectivity index (χ3n) is 3.95. The molecule has 0 atom stereocenters. The van der Waals surface area contributed by atoms with Crippen LogP contribution in [0.1, 0.15) is 31.4 Å². The fraction of sp³-hybridized carbons (Fsp3) is 0.688. The molecule has 0 N–H and O–H groups in total. The Morgan fingerprint density at radius 1 is 1.16 bits per heavy atom. The zero-order valence-electron chi connectivity index (χ0n) is 12.2. The van der Waals surface area contributed by atoms with E-state index in [1.165, 1.54) is 64.1 Å². The topological polar surface area (TPSA) is 19.4 Å². The maximum absolute atomic E-state index is 4.37. The third-order valence-corrected chi connectivity index (χ3v) is 3.95. The van der Waals surface area contributed by atoms with E-state index < -0.39 is 0 Å². The smallest absolute Gasteiger partial charge is 0.0404 e. The molecule has 1 aromatic rings. The van der Waals surface area contributed by atoms with Gasteiger partial charge in [-0.25, -0.2) is 0 Å². The van der Waals surface area contributed by atoms with Crippen LogP contribution in [0.5, 0.6) is 0 Å². The van der Waals surface area contributed by atoms with Gasteiger partial charge in [0.2, 0.25) is 0 Å². The highest BCUT2D eigenvalue weighted by molar-refractivity contribution is 5.03. The maximum Gasteiger partial charge on any atom is 0.0404 e. The first-order chi connectivity index (χ1) is 9.34. The van der Waals surface area contributed by atoms with Crippen LogP contribution in [0.15, 0.2) is 24.4 Å². The molecular weight excluding hydrogens is 234 g/mol. The summed E-state index contributed by atoms with van der Waals surface area (Å²) in [5, 5.41) is 0. The van der Waals surface area contributed by atoms with Crippen LogP contribution in [-0.4, -0.2) is 54.6 Å². The molecule has 3 heteroatoms. The van der Waals surface area contributed by atoms with Crippen molar-refractivity contribution in [3.05, 3.63) is 30.1 Å². The Balaban J connectivity index is 1.55. The Hall–Kier alpha value is -0.930. The van der Waals surface area contributed by atoms with Crippen LogP contribution in [0.2, 0.25) is 0 Å². The monoisotopic (exact) mass is 261 g/mol. The Bertz CT molecular complexity index is 333. The van der Waals surface area contributed by atoms with Gasteiger partial charge in [0, 0.05) is 25.0 Å².